The molecule has 4 bridgehead atoms. The Morgan fingerprint density at radius 3 is 1.72 bits per heavy atom. The van der Waals surface area contributed by atoms with E-state index in [0.717, 1.165) is 59.7 Å². The highest BCUT2D eigenvalue weighted by molar-refractivity contribution is 6.35. The van der Waals surface area contributed by atoms with Crippen molar-refractivity contribution in [2.24, 2.45) is 11.8 Å². The van der Waals surface area contributed by atoms with E-state index in [4.69, 9.17) is 6.58 Å². The summed E-state index contributed by atoms with van der Waals surface area (Å²) in [6, 6.07) is 21.2. The highest BCUT2D eigenvalue weighted by Crippen LogP contribution is 2.61. The van der Waals surface area contributed by atoms with E-state index >= 15 is 9.59 Å². The summed E-state index contributed by atoms with van der Waals surface area (Å²) in [5.41, 5.74) is 12.0. The zero-order chi connectivity index (χ0) is 45.9. The van der Waals surface area contributed by atoms with Crippen LogP contribution in [-0.2, 0) is 38.9 Å². The number of rotatable bonds is 3. The smallest absolute Gasteiger partial charge is 0.266 e. The van der Waals surface area contributed by atoms with Crippen molar-refractivity contribution in [1.82, 2.24) is 4.90 Å². The molecule has 4 aromatic carbocycles. The molecule has 0 radical (unpaired) electrons. The van der Waals surface area contributed by atoms with Gasteiger partial charge in [0, 0.05) is 53.9 Å². The maximum absolute atomic E-state index is 15.2. The quantitative estimate of drug-likeness (QED) is 0.191. The number of nitrogens with zero attached hydrogens (tertiary/aromatic N) is 4. The summed E-state index contributed by atoms with van der Waals surface area (Å²) in [5, 5.41) is 0. The van der Waals surface area contributed by atoms with Gasteiger partial charge in [0.2, 0.25) is 0 Å². The zero-order valence-corrected chi connectivity index (χ0v) is 39.5. The third kappa shape index (κ3) is 5.40. The van der Waals surface area contributed by atoms with Gasteiger partial charge in [-0.05, 0) is 138 Å². The number of benzene rings is 4. The van der Waals surface area contributed by atoms with Gasteiger partial charge in [-0.25, -0.2) is 4.90 Å². The van der Waals surface area contributed by atoms with Crippen molar-refractivity contribution < 1.29 is 19.2 Å². The number of aryl methyl sites for hydroxylation is 2. The second-order valence-electron chi connectivity index (χ2n) is 21.8. The molecule has 0 N–H and O–H groups in total. The topological polar surface area (TPSA) is 81.2 Å². The van der Waals surface area contributed by atoms with Crippen LogP contribution in [-0.4, -0.2) is 47.2 Å². The zero-order valence-electron chi connectivity index (χ0n) is 39.5. The molecular formula is C56H60N4O4. The Balaban J connectivity index is 1.15. The third-order valence-electron chi connectivity index (χ3n) is 15.4. The van der Waals surface area contributed by atoms with Crippen molar-refractivity contribution in [2.45, 2.75) is 118 Å². The number of amides is 4. The summed E-state index contributed by atoms with van der Waals surface area (Å²) in [5.74, 6) is -1.67. The average Bonchev–Trinajstić information content (AvgIpc) is 3.42. The molecule has 4 aromatic rings. The number of fused-ring (bicyclic) bond motifs is 12. The molecule has 4 heterocycles. The number of carbonyl (C=O) groups excluding carboxylic acids is 4. The maximum Gasteiger partial charge on any atom is 0.266 e. The molecule has 0 saturated carbocycles. The molecule has 1 saturated heterocycles. The monoisotopic (exact) mass is 852 g/mol. The number of likely N-dealkylation sites (tertiary alicyclic amines) is 1. The van der Waals surface area contributed by atoms with Crippen molar-refractivity contribution in [1.29, 1.82) is 0 Å². The van der Waals surface area contributed by atoms with Gasteiger partial charge >= 0.3 is 0 Å². The van der Waals surface area contributed by atoms with Gasteiger partial charge in [0.15, 0.2) is 0 Å². The Labute approximate surface area is 378 Å². The molecule has 2 unspecified atom stereocenters. The van der Waals surface area contributed by atoms with E-state index in [0.29, 0.717) is 33.5 Å². The van der Waals surface area contributed by atoms with E-state index in [1.54, 1.807) is 0 Å². The Morgan fingerprint density at radius 1 is 0.609 bits per heavy atom. The predicted molar refractivity (Wildman–Crippen MR) is 255 cm³/mol. The first-order chi connectivity index (χ1) is 30.0. The van der Waals surface area contributed by atoms with Gasteiger partial charge in [-0.2, -0.15) is 0 Å². The van der Waals surface area contributed by atoms with Crippen molar-refractivity contribution in [3.8, 4) is 0 Å². The first-order valence-electron chi connectivity index (χ1n) is 23.0. The number of imide groups is 2. The van der Waals surface area contributed by atoms with E-state index < -0.39 is 16.4 Å². The molecular weight excluding hydrogens is 793 g/mol. The summed E-state index contributed by atoms with van der Waals surface area (Å²) < 4.78 is 0. The van der Waals surface area contributed by atoms with Gasteiger partial charge in [-0.3, -0.25) is 24.1 Å². The molecule has 2 atom stereocenters. The number of anilines is 3. The minimum Gasteiger partial charge on any atom is -0.365 e. The lowest BCUT2D eigenvalue weighted by atomic mass is 9.50. The normalized spacial score (nSPS) is 24.1. The van der Waals surface area contributed by atoms with Crippen LogP contribution in [0.2, 0.25) is 0 Å². The highest BCUT2D eigenvalue weighted by Gasteiger charge is 2.58. The third-order valence-corrected chi connectivity index (χ3v) is 15.4. The van der Waals surface area contributed by atoms with Crippen LogP contribution >= 0.6 is 0 Å². The Bertz CT molecular complexity index is 2920. The molecule has 64 heavy (non-hydrogen) atoms. The van der Waals surface area contributed by atoms with Gasteiger partial charge in [0.1, 0.15) is 0 Å². The second kappa shape index (κ2) is 13.5. The lowest BCUT2D eigenvalue weighted by molar-refractivity contribution is -0.141. The molecule has 0 spiro atoms. The fraction of sp³-hybridized carbons (Fsp3) is 0.393. The van der Waals surface area contributed by atoms with Crippen LogP contribution in [0.15, 0.2) is 96.1 Å². The van der Waals surface area contributed by atoms with Crippen LogP contribution in [0.25, 0.3) is 0 Å². The highest BCUT2D eigenvalue weighted by atomic mass is 16.2. The van der Waals surface area contributed by atoms with Crippen molar-refractivity contribution >= 4 is 40.7 Å². The summed E-state index contributed by atoms with van der Waals surface area (Å²) in [7, 11) is 0. The van der Waals surface area contributed by atoms with E-state index in [9.17, 15) is 9.59 Å². The van der Waals surface area contributed by atoms with Crippen LogP contribution in [0.3, 0.4) is 0 Å². The molecule has 1 fully saturated rings. The molecule has 6 aliphatic rings. The number of allylic oxidation sites excluding steroid dienone is 3. The maximum atomic E-state index is 15.2. The predicted octanol–water partition coefficient (Wildman–Crippen LogP) is 10.5. The molecule has 4 amide bonds. The van der Waals surface area contributed by atoms with Crippen LogP contribution < -0.4 is 14.7 Å². The van der Waals surface area contributed by atoms with Gasteiger partial charge in [0.25, 0.3) is 23.6 Å². The molecule has 10 rings (SSSR count). The molecule has 328 valence electrons. The molecule has 4 aliphatic heterocycles. The molecule has 2 aliphatic carbocycles. The van der Waals surface area contributed by atoms with E-state index in [1.165, 1.54) is 37.7 Å². The van der Waals surface area contributed by atoms with Gasteiger partial charge in [-0.1, -0.05) is 97.5 Å². The van der Waals surface area contributed by atoms with Crippen LogP contribution in [0, 0.1) is 25.7 Å². The fourth-order valence-corrected chi connectivity index (χ4v) is 12.5. The van der Waals surface area contributed by atoms with E-state index in [-0.39, 0.29) is 40.9 Å². The lowest BCUT2D eigenvalue weighted by Gasteiger charge is -2.52. The molecule has 8 nitrogen and oxygen atoms in total. The minimum absolute atomic E-state index is 0.0251. The fourth-order valence-electron chi connectivity index (χ4n) is 12.5. The summed E-state index contributed by atoms with van der Waals surface area (Å²) in [6.45, 7) is 33.1. The van der Waals surface area contributed by atoms with Crippen molar-refractivity contribution in [2.75, 3.05) is 27.8 Å². The first-order valence-corrected chi connectivity index (χ1v) is 23.0. The van der Waals surface area contributed by atoms with E-state index in [1.807, 2.05) is 64.1 Å². The number of hydrogen-bond acceptors (Lipinski definition) is 6. The standard InChI is InChI=1S/C56H60N4O4/c1-30(2)55-27-40-37(51(63)60(52(40)64)54(11,12)13)22-34(7)56(31(3)4,42-17-15-14-16-41(42)55)45-24-39-38(23-44(45)55)49(61)59(50(39)62)46-26-48-36(21-33(46)6)29-57-18-19-58(48)28-35-20-32(5)43(25-47(35)57)53(8,9)10/h14-17,20-27,30-31H,7,18-19,28-29H2,1-6,8-13H3/b37-22+,40-27+. The van der Waals surface area contributed by atoms with Gasteiger partial charge < -0.3 is 9.80 Å². The summed E-state index contributed by atoms with van der Waals surface area (Å²) >= 11 is 0. The summed E-state index contributed by atoms with van der Waals surface area (Å²) in [4.78, 5) is 67.1. The first kappa shape index (κ1) is 42.0. The van der Waals surface area contributed by atoms with E-state index in [2.05, 4.69) is 102 Å². The minimum atomic E-state index is -0.957. The van der Waals surface area contributed by atoms with Gasteiger partial charge in [-0.15, -0.1) is 0 Å². The lowest BCUT2D eigenvalue weighted by Crippen LogP contribution is -2.48. The summed E-state index contributed by atoms with van der Waals surface area (Å²) in [6.07, 6.45) is 3.83. The Kier molecular flexibility index (Phi) is 8.86. The SMILES string of the molecule is C=C1/C=C2/C(=O)N(C(C)(C)C)C(=O)/C2=C/C2(C(C)C)c3ccccc3C1(C(C)C)c1cc3c(cc12)C(=O)N(c1cc2c(cc1C)CN1CCN2Cc2cc(C)c(C(C)(C)C)cc21)C3=O. The van der Waals surface area contributed by atoms with Crippen molar-refractivity contribution in [3.05, 3.63) is 157 Å². The Hall–Kier alpha value is -6.02. The Morgan fingerprint density at radius 2 is 1.16 bits per heavy atom. The van der Waals surface area contributed by atoms with Crippen molar-refractivity contribution in [3.63, 3.8) is 0 Å². The van der Waals surface area contributed by atoms with Crippen LogP contribution in [0.1, 0.15) is 140 Å². The molecule has 0 aromatic heterocycles. The van der Waals surface area contributed by atoms with Crippen LogP contribution in [0.4, 0.5) is 17.1 Å². The largest absolute Gasteiger partial charge is 0.365 e. The number of hydrogen-bond donors (Lipinski definition) is 0. The van der Waals surface area contributed by atoms with Gasteiger partial charge in [0.05, 0.1) is 28.0 Å². The number of carbonyl (C=O) groups is 4. The second-order valence-corrected chi connectivity index (χ2v) is 21.8. The van der Waals surface area contributed by atoms with Crippen LogP contribution in [0.5, 0.6) is 0 Å². The average molecular weight is 853 g/mol. The molecule has 8 heteroatoms.